The highest BCUT2D eigenvalue weighted by Crippen LogP contribution is 2.10. The third-order valence-corrected chi connectivity index (χ3v) is 3.76. The van der Waals surface area contributed by atoms with E-state index in [-0.39, 0.29) is 0 Å². The van der Waals surface area contributed by atoms with E-state index >= 15 is 0 Å². The van der Waals surface area contributed by atoms with Crippen LogP contribution in [-0.2, 0) is 6.54 Å². The number of anilines is 1. The first kappa shape index (κ1) is 14.6. The Morgan fingerprint density at radius 1 is 1.09 bits per heavy atom. The van der Waals surface area contributed by atoms with Crippen LogP contribution in [-0.4, -0.2) is 29.5 Å². The van der Waals surface area contributed by atoms with Crippen LogP contribution in [0, 0.1) is 0 Å². The van der Waals surface area contributed by atoms with E-state index in [0.29, 0.717) is 0 Å². The summed E-state index contributed by atoms with van der Waals surface area (Å²) >= 11 is 0. The molecule has 0 aliphatic carbocycles. The molecule has 0 aliphatic heterocycles. The topological polar surface area (TPSA) is 32.6 Å². The van der Waals surface area contributed by atoms with Crippen molar-refractivity contribution in [2.75, 3.05) is 25.0 Å². The number of hydrogen-bond donors (Lipinski definition) is 1. The maximum Gasteiger partial charge on any atom is 0.137 e. The predicted octanol–water partition coefficient (Wildman–Crippen LogP) is 2.95. The normalized spacial score (nSPS) is 11.0. The number of pyridine rings is 1. The highest BCUT2D eigenvalue weighted by Gasteiger charge is 2.01. The molecular weight excluding hydrogens is 272 g/mol. The van der Waals surface area contributed by atoms with E-state index < -0.39 is 0 Å². The second kappa shape index (κ2) is 7.09. The van der Waals surface area contributed by atoms with Gasteiger partial charge in [0.2, 0.25) is 0 Å². The number of nitrogens with one attached hydrogen (secondary N) is 1. The maximum atomic E-state index is 4.58. The molecule has 22 heavy (non-hydrogen) atoms. The lowest BCUT2D eigenvalue weighted by Gasteiger charge is -2.19. The van der Waals surface area contributed by atoms with Gasteiger partial charge in [-0.2, -0.15) is 0 Å². The molecule has 2 aromatic heterocycles. The average molecular weight is 294 g/mol. The first-order chi connectivity index (χ1) is 10.8. The van der Waals surface area contributed by atoms with Gasteiger partial charge in [-0.25, -0.2) is 4.98 Å². The zero-order valence-corrected chi connectivity index (χ0v) is 12.9. The molecule has 2 heterocycles. The minimum atomic E-state index is 0.816. The number of imidazole rings is 1. The second-order valence-corrected chi connectivity index (χ2v) is 5.49. The van der Waals surface area contributed by atoms with E-state index in [0.717, 1.165) is 37.4 Å². The molecule has 0 unspecified atom stereocenters. The van der Waals surface area contributed by atoms with Crippen LogP contribution in [0.1, 0.15) is 12.1 Å². The monoisotopic (exact) mass is 294 g/mol. The smallest absolute Gasteiger partial charge is 0.137 e. The lowest BCUT2D eigenvalue weighted by Crippen LogP contribution is -2.23. The van der Waals surface area contributed by atoms with Crippen molar-refractivity contribution in [3.63, 3.8) is 0 Å². The zero-order chi connectivity index (χ0) is 15.2. The summed E-state index contributed by atoms with van der Waals surface area (Å²) in [5, 5.41) is 3.47. The molecule has 0 spiro atoms. The van der Waals surface area contributed by atoms with Crippen molar-refractivity contribution in [1.29, 1.82) is 0 Å². The fourth-order valence-electron chi connectivity index (χ4n) is 2.54. The molecule has 0 atom stereocenters. The largest absolute Gasteiger partial charge is 0.375 e. The van der Waals surface area contributed by atoms with Crippen molar-refractivity contribution in [2.45, 2.75) is 13.0 Å². The highest BCUT2D eigenvalue weighted by molar-refractivity contribution is 5.44. The van der Waals surface area contributed by atoms with Crippen LogP contribution in [0.15, 0.2) is 60.9 Å². The fourth-order valence-corrected chi connectivity index (χ4v) is 2.54. The number of fused-ring (bicyclic) bond motifs is 1. The third-order valence-electron chi connectivity index (χ3n) is 3.76. The molecule has 4 nitrogen and oxygen atoms in total. The Morgan fingerprint density at radius 2 is 1.91 bits per heavy atom. The number of hydrogen-bond acceptors (Lipinski definition) is 3. The third kappa shape index (κ3) is 3.65. The highest BCUT2D eigenvalue weighted by atomic mass is 15.1. The van der Waals surface area contributed by atoms with Gasteiger partial charge >= 0.3 is 0 Å². The Kier molecular flexibility index (Phi) is 4.71. The van der Waals surface area contributed by atoms with Gasteiger partial charge in [0, 0.05) is 38.2 Å². The molecule has 1 N–H and O–H groups in total. The fraction of sp³-hybridized carbons (Fsp3) is 0.278. The van der Waals surface area contributed by atoms with Crippen LogP contribution in [0.2, 0.25) is 0 Å². The van der Waals surface area contributed by atoms with E-state index in [1.165, 1.54) is 5.69 Å². The molecule has 0 saturated carbocycles. The van der Waals surface area contributed by atoms with Crippen LogP contribution in [0.3, 0.4) is 0 Å². The van der Waals surface area contributed by atoms with E-state index in [9.17, 15) is 0 Å². The van der Waals surface area contributed by atoms with Crippen LogP contribution in [0.4, 0.5) is 5.69 Å². The standard InChI is InChI=1S/C18H22N4/c1-21(17-8-3-2-4-9-17)12-7-11-19-14-16-15-22-13-6-5-10-18(22)20-16/h2-6,8-10,13,15,19H,7,11-12,14H2,1H3. The van der Waals surface area contributed by atoms with Crippen LogP contribution >= 0.6 is 0 Å². The first-order valence-electron chi connectivity index (χ1n) is 7.72. The van der Waals surface area contributed by atoms with E-state index in [2.05, 4.69) is 57.1 Å². The Hall–Kier alpha value is -2.33. The lowest BCUT2D eigenvalue weighted by atomic mass is 10.3. The second-order valence-electron chi connectivity index (χ2n) is 5.49. The number of nitrogens with zero attached hydrogens (tertiary/aromatic N) is 3. The molecule has 3 rings (SSSR count). The number of benzene rings is 1. The Labute approximate surface area is 131 Å². The van der Waals surface area contributed by atoms with Gasteiger partial charge < -0.3 is 14.6 Å². The SMILES string of the molecule is CN(CCCNCc1cn2ccccc2n1)c1ccccc1. The Morgan fingerprint density at radius 3 is 2.73 bits per heavy atom. The van der Waals surface area contributed by atoms with Crippen molar-refractivity contribution in [3.8, 4) is 0 Å². The summed E-state index contributed by atoms with van der Waals surface area (Å²) in [6, 6.07) is 16.5. The van der Waals surface area contributed by atoms with Crippen molar-refractivity contribution >= 4 is 11.3 Å². The molecule has 0 aliphatic rings. The zero-order valence-electron chi connectivity index (χ0n) is 12.9. The molecule has 114 valence electrons. The summed E-state index contributed by atoms with van der Waals surface area (Å²) in [4.78, 5) is 6.87. The van der Waals surface area contributed by atoms with Crippen LogP contribution < -0.4 is 10.2 Å². The average Bonchev–Trinajstić information content (AvgIpc) is 2.98. The van der Waals surface area contributed by atoms with Crippen LogP contribution in [0.5, 0.6) is 0 Å². The summed E-state index contributed by atoms with van der Waals surface area (Å²) in [6.07, 6.45) is 5.22. The van der Waals surface area contributed by atoms with E-state index in [1.54, 1.807) is 0 Å². The quantitative estimate of drug-likeness (QED) is 0.680. The molecule has 4 heteroatoms. The molecular formula is C18H22N4. The van der Waals surface area contributed by atoms with Gasteiger partial charge in [-0.1, -0.05) is 24.3 Å². The molecule has 0 bridgehead atoms. The lowest BCUT2D eigenvalue weighted by molar-refractivity contribution is 0.639. The van der Waals surface area contributed by atoms with Gasteiger partial charge in [-0.3, -0.25) is 0 Å². The molecule has 3 aromatic rings. The Balaban J connectivity index is 1.40. The van der Waals surface area contributed by atoms with Crippen molar-refractivity contribution in [1.82, 2.24) is 14.7 Å². The number of aromatic nitrogens is 2. The maximum absolute atomic E-state index is 4.58. The molecule has 0 amide bonds. The van der Waals surface area contributed by atoms with Gasteiger partial charge in [0.1, 0.15) is 5.65 Å². The molecule has 0 saturated heterocycles. The van der Waals surface area contributed by atoms with E-state index in [4.69, 9.17) is 0 Å². The van der Waals surface area contributed by atoms with E-state index in [1.807, 2.05) is 30.5 Å². The first-order valence-corrected chi connectivity index (χ1v) is 7.72. The minimum absolute atomic E-state index is 0.816. The van der Waals surface area contributed by atoms with Crippen LogP contribution in [0.25, 0.3) is 5.65 Å². The van der Waals surface area contributed by atoms with Gasteiger partial charge in [0.25, 0.3) is 0 Å². The van der Waals surface area contributed by atoms with Crippen molar-refractivity contribution in [3.05, 3.63) is 66.6 Å². The summed E-state index contributed by atoms with van der Waals surface area (Å²) in [5.41, 5.74) is 3.36. The summed E-state index contributed by atoms with van der Waals surface area (Å²) in [7, 11) is 2.14. The van der Waals surface area contributed by atoms with Gasteiger partial charge in [0.15, 0.2) is 0 Å². The number of para-hydroxylation sites is 1. The van der Waals surface area contributed by atoms with Gasteiger partial charge in [-0.05, 0) is 37.2 Å². The number of rotatable bonds is 7. The van der Waals surface area contributed by atoms with Gasteiger partial charge in [0.05, 0.1) is 5.69 Å². The van der Waals surface area contributed by atoms with Crippen molar-refractivity contribution < 1.29 is 0 Å². The molecule has 1 aromatic carbocycles. The summed E-state index contributed by atoms with van der Waals surface area (Å²) < 4.78 is 2.06. The van der Waals surface area contributed by atoms with Crippen molar-refractivity contribution in [2.24, 2.45) is 0 Å². The van der Waals surface area contributed by atoms with Gasteiger partial charge in [-0.15, -0.1) is 0 Å². The Bertz CT molecular complexity index is 672. The minimum Gasteiger partial charge on any atom is -0.375 e. The molecule has 0 radical (unpaired) electrons. The summed E-state index contributed by atoms with van der Waals surface area (Å²) in [6.45, 7) is 2.85. The molecule has 0 fully saturated rings. The summed E-state index contributed by atoms with van der Waals surface area (Å²) in [5.74, 6) is 0. The predicted molar refractivity (Wildman–Crippen MR) is 91.2 cm³/mol.